The van der Waals surface area contributed by atoms with Crippen LogP contribution in [0.2, 0.25) is 0 Å². The SMILES string of the molecule is CC(=O)C[C@H](C)C=O. The summed E-state index contributed by atoms with van der Waals surface area (Å²) in [5.41, 5.74) is 0. The van der Waals surface area contributed by atoms with Crippen LogP contribution >= 0.6 is 0 Å². The Hall–Kier alpha value is -0.660. The fourth-order valence-electron chi connectivity index (χ4n) is 0.502. The van der Waals surface area contributed by atoms with Gasteiger partial charge in [0.25, 0.3) is 0 Å². The number of carbonyl (C=O) groups excluding carboxylic acids is 2. The molecule has 0 unspecified atom stereocenters. The molecule has 2 heteroatoms. The van der Waals surface area contributed by atoms with Gasteiger partial charge in [-0.2, -0.15) is 0 Å². The first-order chi connectivity index (χ1) is 3.66. The molecule has 0 saturated carbocycles. The molecule has 0 saturated heterocycles. The van der Waals surface area contributed by atoms with Crippen molar-refractivity contribution in [2.24, 2.45) is 5.92 Å². The standard InChI is InChI=1S/C6H10O2/c1-5(4-7)3-6(2)8/h4-5H,3H2,1-2H3/t5-/m0/s1. The summed E-state index contributed by atoms with van der Waals surface area (Å²) >= 11 is 0. The van der Waals surface area contributed by atoms with E-state index in [1.807, 2.05) is 0 Å². The first-order valence-electron chi connectivity index (χ1n) is 2.61. The van der Waals surface area contributed by atoms with Gasteiger partial charge in [-0.1, -0.05) is 6.92 Å². The van der Waals surface area contributed by atoms with Gasteiger partial charge in [0.15, 0.2) is 0 Å². The van der Waals surface area contributed by atoms with E-state index in [-0.39, 0.29) is 11.7 Å². The zero-order valence-electron chi connectivity index (χ0n) is 5.18. The molecule has 0 aromatic rings. The van der Waals surface area contributed by atoms with Crippen molar-refractivity contribution in [2.75, 3.05) is 0 Å². The van der Waals surface area contributed by atoms with E-state index in [1.54, 1.807) is 6.92 Å². The molecule has 0 fully saturated rings. The van der Waals surface area contributed by atoms with Crippen LogP contribution in [0.5, 0.6) is 0 Å². The number of aldehydes is 1. The molecule has 0 aliphatic rings. The first kappa shape index (κ1) is 7.34. The highest BCUT2D eigenvalue weighted by atomic mass is 16.1. The third-order valence-electron chi connectivity index (χ3n) is 0.842. The van der Waals surface area contributed by atoms with Gasteiger partial charge in [-0.3, -0.25) is 0 Å². The normalized spacial score (nSPS) is 12.8. The molecule has 0 aliphatic heterocycles. The molecule has 8 heavy (non-hydrogen) atoms. The van der Waals surface area contributed by atoms with Crippen LogP contribution in [0.25, 0.3) is 0 Å². The minimum absolute atomic E-state index is 0.0737. The average Bonchev–Trinajstić information content (AvgIpc) is 1.65. The fraction of sp³-hybridized carbons (Fsp3) is 0.667. The summed E-state index contributed by atoms with van der Waals surface area (Å²) in [6.45, 7) is 3.22. The van der Waals surface area contributed by atoms with Gasteiger partial charge in [0, 0.05) is 12.3 Å². The maximum Gasteiger partial charge on any atom is 0.130 e. The molecule has 0 N–H and O–H groups in total. The Balaban J connectivity index is 3.38. The molecular weight excluding hydrogens is 104 g/mol. The van der Waals surface area contributed by atoms with Crippen LogP contribution in [-0.4, -0.2) is 12.1 Å². The van der Waals surface area contributed by atoms with Gasteiger partial charge >= 0.3 is 0 Å². The van der Waals surface area contributed by atoms with Crippen molar-refractivity contribution >= 4 is 12.1 Å². The van der Waals surface area contributed by atoms with Gasteiger partial charge in [0.1, 0.15) is 12.1 Å². The Labute approximate surface area is 48.9 Å². The van der Waals surface area contributed by atoms with Gasteiger partial charge in [-0.05, 0) is 6.92 Å². The Morgan fingerprint density at radius 1 is 1.75 bits per heavy atom. The second-order valence-electron chi connectivity index (χ2n) is 2.02. The highest BCUT2D eigenvalue weighted by Crippen LogP contribution is 1.96. The van der Waals surface area contributed by atoms with Crippen LogP contribution in [0, 0.1) is 5.92 Å². The molecule has 0 radical (unpaired) electrons. The van der Waals surface area contributed by atoms with E-state index in [4.69, 9.17) is 0 Å². The minimum atomic E-state index is -0.104. The van der Waals surface area contributed by atoms with E-state index < -0.39 is 0 Å². The lowest BCUT2D eigenvalue weighted by molar-refractivity contribution is -0.120. The van der Waals surface area contributed by atoms with Gasteiger partial charge in [0.05, 0.1) is 0 Å². The Bertz CT molecular complexity index is 96.7. The highest BCUT2D eigenvalue weighted by Gasteiger charge is 2.00. The maximum atomic E-state index is 10.3. The second-order valence-corrected chi connectivity index (χ2v) is 2.02. The zero-order valence-corrected chi connectivity index (χ0v) is 5.18. The van der Waals surface area contributed by atoms with Crippen LogP contribution in [0.1, 0.15) is 20.3 Å². The van der Waals surface area contributed by atoms with E-state index in [2.05, 4.69) is 0 Å². The van der Waals surface area contributed by atoms with Gasteiger partial charge in [0.2, 0.25) is 0 Å². The van der Waals surface area contributed by atoms with Gasteiger partial charge in [-0.15, -0.1) is 0 Å². The maximum absolute atomic E-state index is 10.3. The molecule has 0 amide bonds. The number of ketones is 1. The van der Waals surface area contributed by atoms with Crippen LogP contribution in [0.4, 0.5) is 0 Å². The lowest BCUT2D eigenvalue weighted by Crippen LogP contribution is -2.01. The Kier molecular flexibility index (Phi) is 3.08. The van der Waals surface area contributed by atoms with Crippen molar-refractivity contribution in [3.63, 3.8) is 0 Å². The van der Waals surface area contributed by atoms with Crippen LogP contribution in [0.3, 0.4) is 0 Å². The summed E-state index contributed by atoms with van der Waals surface area (Å²) in [6.07, 6.45) is 1.17. The molecule has 0 aromatic heterocycles. The predicted octanol–water partition coefficient (Wildman–Crippen LogP) is 0.800. The third kappa shape index (κ3) is 3.53. The molecule has 0 aliphatic carbocycles. The van der Waals surface area contributed by atoms with E-state index >= 15 is 0 Å². The largest absolute Gasteiger partial charge is 0.303 e. The quantitative estimate of drug-likeness (QED) is 0.508. The number of Topliss-reactive ketones (excluding diaryl/α,β-unsaturated/α-hetero) is 1. The van der Waals surface area contributed by atoms with E-state index in [0.29, 0.717) is 6.42 Å². The molecule has 0 aromatic carbocycles. The van der Waals surface area contributed by atoms with E-state index in [0.717, 1.165) is 6.29 Å². The first-order valence-corrected chi connectivity index (χ1v) is 2.61. The van der Waals surface area contributed by atoms with Crippen molar-refractivity contribution in [3.05, 3.63) is 0 Å². The Morgan fingerprint density at radius 2 is 2.25 bits per heavy atom. The van der Waals surface area contributed by atoms with Crippen molar-refractivity contribution in [2.45, 2.75) is 20.3 Å². The topological polar surface area (TPSA) is 34.1 Å². The molecule has 0 heterocycles. The average molecular weight is 114 g/mol. The Morgan fingerprint density at radius 3 is 2.38 bits per heavy atom. The fourth-order valence-corrected chi connectivity index (χ4v) is 0.502. The van der Waals surface area contributed by atoms with Crippen LogP contribution in [-0.2, 0) is 9.59 Å². The molecule has 2 nitrogen and oxygen atoms in total. The smallest absolute Gasteiger partial charge is 0.130 e. The van der Waals surface area contributed by atoms with Crippen molar-refractivity contribution in [3.8, 4) is 0 Å². The molecule has 46 valence electrons. The van der Waals surface area contributed by atoms with Gasteiger partial charge < -0.3 is 9.59 Å². The van der Waals surface area contributed by atoms with Crippen LogP contribution < -0.4 is 0 Å². The summed E-state index contributed by atoms with van der Waals surface area (Å²) in [4.78, 5) is 20.1. The number of rotatable bonds is 3. The molecule has 0 bridgehead atoms. The van der Waals surface area contributed by atoms with Crippen LogP contribution in [0.15, 0.2) is 0 Å². The van der Waals surface area contributed by atoms with Crippen molar-refractivity contribution < 1.29 is 9.59 Å². The molecule has 1 atom stereocenters. The third-order valence-corrected chi connectivity index (χ3v) is 0.842. The number of carbonyl (C=O) groups is 2. The molecular formula is C6H10O2. The summed E-state index contributed by atoms with van der Waals surface area (Å²) in [5.74, 6) is -0.0305. The summed E-state index contributed by atoms with van der Waals surface area (Å²) < 4.78 is 0. The number of hydrogen-bond donors (Lipinski definition) is 0. The van der Waals surface area contributed by atoms with Crippen molar-refractivity contribution in [1.82, 2.24) is 0 Å². The number of hydrogen-bond acceptors (Lipinski definition) is 2. The summed E-state index contributed by atoms with van der Waals surface area (Å²) in [6, 6.07) is 0. The minimum Gasteiger partial charge on any atom is -0.303 e. The summed E-state index contributed by atoms with van der Waals surface area (Å²) in [5, 5.41) is 0. The molecule has 0 rings (SSSR count). The zero-order chi connectivity index (χ0) is 6.57. The van der Waals surface area contributed by atoms with Crippen molar-refractivity contribution in [1.29, 1.82) is 0 Å². The second kappa shape index (κ2) is 3.36. The van der Waals surface area contributed by atoms with E-state index in [9.17, 15) is 9.59 Å². The monoisotopic (exact) mass is 114 g/mol. The van der Waals surface area contributed by atoms with E-state index in [1.165, 1.54) is 6.92 Å². The molecule has 0 spiro atoms. The highest BCUT2D eigenvalue weighted by molar-refractivity contribution is 5.78. The predicted molar refractivity (Wildman–Crippen MR) is 30.5 cm³/mol. The lowest BCUT2D eigenvalue weighted by atomic mass is 10.1. The lowest BCUT2D eigenvalue weighted by Gasteiger charge is -1.94. The van der Waals surface area contributed by atoms with Gasteiger partial charge in [-0.25, -0.2) is 0 Å². The summed E-state index contributed by atoms with van der Waals surface area (Å²) in [7, 11) is 0.